The zero-order valence-corrected chi connectivity index (χ0v) is 14.0. The Morgan fingerprint density at radius 2 is 2.22 bits per heavy atom. The summed E-state index contributed by atoms with van der Waals surface area (Å²) in [6.45, 7) is 1.48. The quantitative estimate of drug-likeness (QED) is 0.846. The van der Waals surface area contributed by atoms with Gasteiger partial charge in [-0.15, -0.1) is 0 Å². The third-order valence-electron chi connectivity index (χ3n) is 4.08. The maximum Gasteiger partial charge on any atom is 0.246 e. The van der Waals surface area contributed by atoms with Crippen LogP contribution in [0.4, 0.5) is 0 Å². The molecule has 2 heterocycles. The summed E-state index contributed by atoms with van der Waals surface area (Å²) < 4.78 is 0. The van der Waals surface area contributed by atoms with Crippen LogP contribution in [0.3, 0.4) is 0 Å². The van der Waals surface area contributed by atoms with E-state index in [9.17, 15) is 4.79 Å². The Hall–Kier alpha value is -1.78. The minimum absolute atomic E-state index is 0.00902. The summed E-state index contributed by atoms with van der Waals surface area (Å²) in [5, 5.41) is 7.94. The van der Waals surface area contributed by atoms with Crippen molar-refractivity contribution in [1.82, 2.24) is 15.1 Å². The second-order valence-electron chi connectivity index (χ2n) is 5.61. The van der Waals surface area contributed by atoms with Crippen molar-refractivity contribution in [3.8, 4) is 0 Å². The Balaban J connectivity index is 1.68. The number of piperidine rings is 1. The SMILES string of the molecule is O=C(/C=C/c1cccc(Cl)c1Cl)N1CCCC(c2ccn[nH]2)C1. The molecule has 6 heteroatoms. The molecular formula is C17H17Cl2N3O. The van der Waals surface area contributed by atoms with Crippen LogP contribution in [0.15, 0.2) is 36.5 Å². The average Bonchev–Trinajstić information content (AvgIpc) is 3.10. The monoisotopic (exact) mass is 349 g/mol. The van der Waals surface area contributed by atoms with Crippen LogP contribution in [-0.2, 0) is 4.79 Å². The fourth-order valence-electron chi connectivity index (χ4n) is 2.84. The third-order valence-corrected chi connectivity index (χ3v) is 4.92. The van der Waals surface area contributed by atoms with Crippen LogP contribution in [0.1, 0.15) is 30.0 Å². The van der Waals surface area contributed by atoms with E-state index in [0.717, 1.165) is 30.6 Å². The maximum absolute atomic E-state index is 12.4. The van der Waals surface area contributed by atoms with E-state index in [1.54, 1.807) is 24.4 Å². The van der Waals surface area contributed by atoms with Gasteiger partial charge in [0.1, 0.15) is 0 Å². The van der Waals surface area contributed by atoms with Crippen LogP contribution in [0, 0.1) is 0 Å². The molecule has 1 fully saturated rings. The molecule has 1 aliphatic rings. The van der Waals surface area contributed by atoms with Gasteiger partial charge in [0.2, 0.25) is 5.91 Å². The molecule has 1 N–H and O–H groups in total. The second kappa shape index (κ2) is 7.20. The van der Waals surface area contributed by atoms with Crippen LogP contribution in [0.5, 0.6) is 0 Å². The second-order valence-corrected chi connectivity index (χ2v) is 6.40. The minimum atomic E-state index is -0.00902. The molecule has 1 aromatic heterocycles. The molecule has 1 unspecified atom stereocenters. The Labute approximate surface area is 145 Å². The number of benzene rings is 1. The molecule has 4 nitrogen and oxygen atoms in total. The van der Waals surface area contributed by atoms with Crippen LogP contribution in [-0.4, -0.2) is 34.1 Å². The zero-order chi connectivity index (χ0) is 16.2. The normalized spacial score (nSPS) is 18.5. The highest BCUT2D eigenvalue weighted by Gasteiger charge is 2.24. The van der Waals surface area contributed by atoms with Gasteiger partial charge in [0.25, 0.3) is 0 Å². The molecule has 0 aliphatic carbocycles. The van der Waals surface area contributed by atoms with Gasteiger partial charge >= 0.3 is 0 Å². The highest BCUT2D eigenvalue weighted by Crippen LogP contribution is 2.27. The van der Waals surface area contributed by atoms with Gasteiger partial charge in [-0.2, -0.15) is 5.10 Å². The molecule has 1 aromatic carbocycles. The number of aromatic amines is 1. The molecule has 1 atom stereocenters. The van der Waals surface area contributed by atoms with Gasteiger partial charge < -0.3 is 4.90 Å². The number of nitrogens with zero attached hydrogens (tertiary/aromatic N) is 2. The third kappa shape index (κ3) is 3.77. The lowest BCUT2D eigenvalue weighted by Crippen LogP contribution is -2.38. The summed E-state index contributed by atoms with van der Waals surface area (Å²) in [4.78, 5) is 14.3. The summed E-state index contributed by atoms with van der Waals surface area (Å²) in [6.07, 6.45) is 7.08. The lowest BCUT2D eigenvalue weighted by Gasteiger charge is -2.31. The van der Waals surface area contributed by atoms with Crippen molar-refractivity contribution in [2.75, 3.05) is 13.1 Å². The van der Waals surface area contributed by atoms with Gasteiger partial charge in [-0.3, -0.25) is 9.89 Å². The summed E-state index contributed by atoms with van der Waals surface area (Å²) in [5.41, 5.74) is 1.83. The fourth-order valence-corrected chi connectivity index (χ4v) is 3.21. The first kappa shape index (κ1) is 16.1. The predicted molar refractivity (Wildman–Crippen MR) is 92.6 cm³/mol. The van der Waals surface area contributed by atoms with Crippen molar-refractivity contribution in [3.05, 3.63) is 57.8 Å². The first-order valence-corrected chi connectivity index (χ1v) is 8.31. The van der Waals surface area contributed by atoms with Crippen molar-refractivity contribution in [1.29, 1.82) is 0 Å². The van der Waals surface area contributed by atoms with E-state index in [1.165, 1.54) is 0 Å². The molecule has 0 bridgehead atoms. The van der Waals surface area contributed by atoms with Gasteiger partial charge in [0, 0.05) is 37.0 Å². The van der Waals surface area contributed by atoms with Gasteiger partial charge in [-0.25, -0.2) is 0 Å². The Bertz CT molecular complexity index is 713. The number of halogens is 2. The minimum Gasteiger partial charge on any atom is -0.338 e. The van der Waals surface area contributed by atoms with Crippen LogP contribution >= 0.6 is 23.2 Å². The standard InChI is InChI=1S/C17H17Cl2N3O/c18-14-5-1-3-12(17(14)19)6-7-16(23)22-10-2-4-13(11-22)15-8-9-20-21-15/h1,3,5-9,13H,2,4,10-11H2,(H,20,21)/b7-6+. The van der Waals surface area contributed by atoms with E-state index in [0.29, 0.717) is 22.5 Å². The van der Waals surface area contributed by atoms with Crippen molar-refractivity contribution in [2.45, 2.75) is 18.8 Å². The number of H-pyrrole nitrogens is 1. The Morgan fingerprint density at radius 1 is 1.35 bits per heavy atom. The highest BCUT2D eigenvalue weighted by atomic mass is 35.5. The van der Waals surface area contributed by atoms with Gasteiger partial charge in [-0.1, -0.05) is 35.3 Å². The van der Waals surface area contributed by atoms with Crippen LogP contribution in [0.25, 0.3) is 6.08 Å². The lowest BCUT2D eigenvalue weighted by atomic mass is 9.95. The van der Waals surface area contributed by atoms with Crippen molar-refractivity contribution in [3.63, 3.8) is 0 Å². The van der Waals surface area contributed by atoms with Crippen LogP contribution in [0.2, 0.25) is 10.0 Å². The lowest BCUT2D eigenvalue weighted by molar-refractivity contribution is -0.127. The molecule has 23 heavy (non-hydrogen) atoms. The maximum atomic E-state index is 12.4. The zero-order valence-electron chi connectivity index (χ0n) is 12.5. The number of carbonyl (C=O) groups is 1. The number of amides is 1. The Kier molecular flexibility index (Phi) is 5.03. The van der Waals surface area contributed by atoms with Crippen LogP contribution < -0.4 is 0 Å². The summed E-state index contributed by atoms with van der Waals surface area (Å²) in [5.74, 6) is 0.309. The summed E-state index contributed by atoms with van der Waals surface area (Å²) in [6, 6.07) is 7.35. The molecule has 2 aromatic rings. The molecule has 1 aliphatic heterocycles. The predicted octanol–water partition coefficient (Wildman–Crippen LogP) is 4.14. The Morgan fingerprint density at radius 3 is 3.00 bits per heavy atom. The van der Waals surface area contributed by atoms with Crippen molar-refractivity contribution < 1.29 is 4.79 Å². The first-order chi connectivity index (χ1) is 11.1. The topological polar surface area (TPSA) is 49.0 Å². The largest absolute Gasteiger partial charge is 0.338 e. The number of hydrogen-bond donors (Lipinski definition) is 1. The number of nitrogens with one attached hydrogen (secondary N) is 1. The van der Waals surface area contributed by atoms with E-state index in [4.69, 9.17) is 23.2 Å². The number of hydrogen-bond acceptors (Lipinski definition) is 2. The highest BCUT2D eigenvalue weighted by molar-refractivity contribution is 6.42. The van der Waals surface area contributed by atoms with Gasteiger partial charge in [0.15, 0.2) is 0 Å². The van der Waals surface area contributed by atoms with E-state index >= 15 is 0 Å². The molecule has 1 saturated heterocycles. The van der Waals surface area contributed by atoms with E-state index in [1.807, 2.05) is 23.1 Å². The van der Waals surface area contributed by atoms with E-state index in [-0.39, 0.29) is 5.91 Å². The number of carbonyl (C=O) groups excluding carboxylic acids is 1. The fraction of sp³-hybridized carbons (Fsp3) is 0.294. The van der Waals surface area contributed by atoms with Gasteiger partial charge in [0.05, 0.1) is 10.0 Å². The number of rotatable bonds is 3. The molecule has 0 radical (unpaired) electrons. The molecule has 0 saturated carbocycles. The molecule has 3 rings (SSSR count). The van der Waals surface area contributed by atoms with E-state index < -0.39 is 0 Å². The number of likely N-dealkylation sites (tertiary alicyclic amines) is 1. The first-order valence-electron chi connectivity index (χ1n) is 7.55. The number of aromatic nitrogens is 2. The average molecular weight is 350 g/mol. The van der Waals surface area contributed by atoms with Gasteiger partial charge in [-0.05, 0) is 36.6 Å². The molecular weight excluding hydrogens is 333 g/mol. The molecule has 1 amide bonds. The van der Waals surface area contributed by atoms with Crippen molar-refractivity contribution in [2.24, 2.45) is 0 Å². The molecule has 120 valence electrons. The van der Waals surface area contributed by atoms with Crippen molar-refractivity contribution >= 4 is 35.2 Å². The smallest absolute Gasteiger partial charge is 0.246 e. The molecule has 0 spiro atoms. The van der Waals surface area contributed by atoms with E-state index in [2.05, 4.69) is 10.2 Å². The summed E-state index contributed by atoms with van der Waals surface area (Å²) >= 11 is 12.1. The summed E-state index contributed by atoms with van der Waals surface area (Å²) in [7, 11) is 0.